The summed E-state index contributed by atoms with van der Waals surface area (Å²) in [6.07, 6.45) is 2.96. The molecule has 0 saturated heterocycles. The highest BCUT2D eigenvalue weighted by Gasteiger charge is 2.03. The Kier molecular flexibility index (Phi) is 4.34. The lowest BCUT2D eigenvalue weighted by atomic mass is 10.2. The number of hydrogen-bond acceptors (Lipinski definition) is 4. The van der Waals surface area contributed by atoms with Crippen LogP contribution in [0.5, 0.6) is 5.75 Å². The van der Waals surface area contributed by atoms with Crippen molar-refractivity contribution in [1.82, 2.24) is 9.97 Å². The van der Waals surface area contributed by atoms with Gasteiger partial charge in [-0.1, -0.05) is 30.3 Å². The number of carboxylic acid groups (broad SMARTS) is 1. The van der Waals surface area contributed by atoms with Crippen molar-refractivity contribution in [3.63, 3.8) is 0 Å². The minimum atomic E-state index is -0.946. The number of para-hydroxylation sites is 2. The molecule has 5 nitrogen and oxygen atoms in total. The highest BCUT2D eigenvalue weighted by atomic mass is 16.4. The molecule has 0 bridgehead atoms. The number of aromatic hydroxyl groups is 1. The van der Waals surface area contributed by atoms with Crippen molar-refractivity contribution < 1.29 is 15.0 Å². The van der Waals surface area contributed by atoms with Crippen molar-refractivity contribution in [2.24, 2.45) is 0 Å². The fourth-order valence-electron chi connectivity index (χ4n) is 2.27. The molecule has 0 aliphatic heterocycles. The second-order valence-electron chi connectivity index (χ2n) is 5.07. The first-order chi connectivity index (χ1) is 11.6. The lowest BCUT2D eigenvalue weighted by molar-refractivity contribution is 0.0696. The minimum absolute atomic E-state index is 0.221. The van der Waals surface area contributed by atoms with Crippen molar-refractivity contribution in [1.29, 1.82) is 0 Å². The molecule has 24 heavy (non-hydrogen) atoms. The molecule has 5 heteroatoms. The summed E-state index contributed by atoms with van der Waals surface area (Å²) in [7, 11) is 0. The van der Waals surface area contributed by atoms with Crippen molar-refractivity contribution in [3.8, 4) is 5.75 Å². The molecule has 0 amide bonds. The summed E-state index contributed by atoms with van der Waals surface area (Å²) < 4.78 is 0. The summed E-state index contributed by atoms with van der Waals surface area (Å²) in [5.74, 6) is -0.658. The van der Waals surface area contributed by atoms with Gasteiger partial charge >= 0.3 is 5.97 Å². The van der Waals surface area contributed by atoms with Gasteiger partial charge < -0.3 is 10.2 Å². The molecular weight excluding hydrogens is 304 g/mol. The Hall–Kier alpha value is -3.47. The number of fused-ring (bicyclic) bond motifs is 2. The van der Waals surface area contributed by atoms with Crippen molar-refractivity contribution >= 4 is 27.8 Å². The van der Waals surface area contributed by atoms with E-state index in [-0.39, 0.29) is 11.3 Å². The SMILES string of the molecule is O=C(O)c1cnc2ccccc2c1.Oc1ccnc2ccccc12. The lowest BCUT2D eigenvalue weighted by Gasteiger charge is -1.97. The number of pyridine rings is 2. The van der Waals surface area contributed by atoms with Crippen molar-refractivity contribution in [2.75, 3.05) is 0 Å². The van der Waals surface area contributed by atoms with Crippen LogP contribution in [-0.4, -0.2) is 26.2 Å². The van der Waals surface area contributed by atoms with Crippen LogP contribution in [0.2, 0.25) is 0 Å². The third-order valence-electron chi connectivity index (χ3n) is 3.46. The van der Waals surface area contributed by atoms with Crippen LogP contribution in [0.1, 0.15) is 10.4 Å². The second kappa shape index (κ2) is 6.75. The largest absolute Gasteiger partial charge is 0.507 e. The van der Waals surface area contributed by atoms with Crippen molar-refractivity contribution in [3.05, 3.63) is 78.6 Å². The Labute approximate surface area is 137 Å². The molecule has 4 aromatic rings. The summed E-state index contributed by atoms with van der Waals surface area (Å²) in [5, 5.41) is 19.7. The van der Waals surface area contributed by atoms with Gasteiger partial charge in [0.25, 0.3) is 0 Å². The average molecular weight is 318 g/mol. The van der Waals surface area contributed by atoms with Gasteiger partial charge in [0.2, 0.25) is 0 Å². The molecular formula is C19H14N2O3. The second-order valence-corrected chi connectivity index (χ2v) is 5.07. The molecule has 4 rings (SSSR count). The zero-order valence-electron chi connectivity index (χ0n) is 12.6. The maximum Gasteiger partial charge on any atom is 0.337 e. The molecule has 0 fully saturated rings. The number of rotatable bonds is 1. The van der Waals surface area contributed by atoms with Gasteiger partial charge in [-0.05, 0) is 30.3 Å². The molecule has 2 heterocycles. The van der Waals surface area contributed by atoms with Crippen LogP contribution in [0, 0.1) is 0 Å². The number of nitrogens with zero attached hydrogens (tertiary/aromatic N) is 2. The molecule has 118 valence electrons. The van der Waals surface area contributed by atoms with E-state index in [9.17, 15) is 9.90 Å². The molecule has 2 aromatic carbocycles. The fourth-order valence-corrected chi connectivity index (χ4v) is 2.27. The topological polar surface area (TPSA) is 83.3 Å². The van der Waals surface area contributed by atoms with E-state index in [1.807, 2.05) is 48.5 Å². The molecule has 0 radical (unpaired) electrons. The van der Waals surface area contributed by atoms with Gasteiger partial charge in [0.1, 0.15) is 5.75 Å². The molecule has 0 aliphatic rings. The van der Waals surface area contributed by atoms with E-state index in [0.717, 1.165) is 21.8 Å². The fraction of sp³-hybridized carbons (Fsp3) is 0. The van der Waals surface area contributed by atoms with Gasteiger partial charge in [-0.2, -0.15) is 0 Å². The maximum atomic E-state index is 10.6. The van der Waals surface area contributed by atoms with E-state index < -0.39 is 5.97 Å². The smallest absolute Gasteiger partial charge is 0.337 e. The van der Waals surface area contributed by atoms with E-state index in [1.165, 1.54) is 6.20 Å². The quantitative estimate of drug-likeness (QED) is 0.556. The molecule has 0 unspecified atom stereocenters. The Morgan fingerprint density at radius 1 is 0.875 bits per heavy atom. The zero-order valence-corrected chi connectivity index (χ0v) is 12.6. The normalized spacial score (nSPS) is 10.2. The third-order valence-corrected chi connectivity index (χ3v) is 3.46. The summed E-state index contributed by atoms with van der Waals surface area (Å²) in [6.45, 7) is 0. The van der Waals surface area contributed by atoms with Crippen molar-refractivity contribution in [2.45, 2.75) is 0 Å². The zero-order chi connectivity index (χ0) is 16.9. The number of aromatic carboxylic acids is 1. The van der Waals surface area contributed by atoms with Crippen LogP contribution >= 0.6 is 0 Å². The highest BCUT2D eigenvalue weighted by molar-refractivity contribution is 5.92. The van der Waals surface area contributed by atoms with Crippen LogP contribution in [0.3, 0.4) is 0 Å². The molecule has 0 spiro atoms. The van der Waals surface area contributed by atoms with E-state index in [0.29, 0.717) is 0 Å². The predicted molar refractivity (Wildman–Crippen MR) is 92.1 cm³/mol. The van der Waals surface area contributed by atoms with Gasteiger partial charge in [0.15, 0.2) is 0 Å². The maximum absolute atomic E-state index is 10.6. The number of aromatic nitrogens is 2. The summed E-state index contributed by atoms with van der Waals surface area (Å²) in [4.78, 5) is 18.7. The summed E-state index contributed by atoms with van der Waals surface area (Å²) in [5.41, 5.74) is 1.86. The van der Waals surface area contributed by atoms with Gasteiger partial charge in [0, 0.05) is 23.2 Å². The first kappa shape index (κ1) is 15.4. The monoisotopic (exact) mass is 318 g/mol. The molecule has 0 atom stereocenters. The Morgan fingerprint density at radius 3 is 2.33 bits per heavy atom. The van der Waals surface area contributed by atoms with E-state index in [1.54, 1.807) is 18.3 Å². The molecule has 2 aromatic heterocycles. The van der Waals surface area contributed by atoms with Gasteiger partial charge in [0.05, 0.1) is 16.6 Å². The highest BCUT2D eigenvalue weighted by Crippen LogP contribution is 2.20. The molecule has 0 saturated carbocycles. The van der Waals surface area contributed by atoms with Gasteiger partial charge in [-0.3, -0.25) is 9.97 Å². The number of hydrogen-bond donors (Lipinski definition) is 2. The van der Waals surface area contributed by atoms with E-state index in [4.69, 9.17) is 5.11 Å². The van der Waals surface area contributed by atoms with Crippen LogP contribution in [0.4, 0.5) is 0 Å². The number of carbonyl (C=O) groups is 1. The number of benzene rings is 2. The van der Waals surface area contributed by atoms with Crippen LogP contribution in [0.15, 0.2) is 73.1 Å². The summed E-state index contributed by atoms with van der Waals surface area (Å²) in [6, 6.07) is 18.1. The third kappa shape index (κ3) is 3.30. The predicted octanol–water partition coefficient (Wildman–Crippen LogP) is 3.87. The average Bonchev–Trinajstić information content (AvgIpc) is 2.62. The van der Waals surface area contributed by atoms with Crippen LogP contribution < -0.4 is 0 Å². The van der Waals surface area contributed by atoms with Gasteiger partial charge in [-0.15, -0.1) is 0 Å². The Balaban J connectivity index is 0.000000143. The Morgan fingerprint density at radius 2 is 1.58 bits per heavy atom. The standard InChI is InChI=1S/C10H7NO2.C9H7NO/c12-10(13)8-5-7-3-1-2-4-9(7)11-6-8;11-9-5-6-10-8-4-2-1-3-7(8)9/h1-6H,(H,12,13);1-6H,(H,10,11). The molecule has 0 aliphatic carbocycles. The summed E-state index contributed by atoms with van der Waals surface area (Å²) >= 11 is 0. The minimum Gasteiger partial charge on any atom is -0.507 e. The number of carboxylic acids is 1. The van der Waals surface area contributed by atoms with E-state index in [2.05, 4.69) is 9.97 Å². The first-order valence-electron chi connectivity index (χ1n) is 7.26. The first-order valence-corrected chi connectivity index (χ1v) is 7.26. The lowest BCUT2D eigenvalue weighted by Crippen LogP contribution is -1.96. The van der Waals surface area contributed by atoms with Crippen LogP contribution in [0.25, 0.3) is 21.8 Å². The Bertz CT molecular complexity index is 1010. The van der Waals surface area contributed by atoms with Gasteiger partial charge in [-0.25, -0.2) is 4.79 Å². The molecule has 2 N–H and O–H groups in total. The van der Waals surface area contributed by atoms with Crippen LogP contribution in [-0.2, 0) is 0 Å². The van der Waals surface area contributed by atoms with E-state index >= 15 is 0 Å².